The van der Waals surface area contributed by atoms with Crippen molar-refractivity contribution < 1.29 is 0 Å². The van der Waals surface area contributed by atoms with Gasteiger partial charge in [-0.1, -0.05) is 27.5 Å². The Balaban J connectivity index is 2.08. The second kappa shape index (κ2) is 5.72. The van der Waals surface area contributed by atoms with Gasteiger partial charge in [-0.25, -0.2) is 0 Å². The van der Waals surface area contributed by atoms with Crippen molar-refractivity contribution in [3.63, 3.8) is 0 Å². The van der Waals surface area contributed by atoms with Crippen molar-refractivity contribution in [1.29, 1.82) is 0 Å². The summed E-state index contributed by atoms with van der Waals surface area (Å²) in [7, 11) is 0. The third-order valence-corrected chi connectivity index (χ3v) is 4.82. The number of hydrogen-bond donors (Lipinski definition) is 0. The molecule has 0 radical (unpaired) electrons. The van der Waals surface area contributed by atoms with E-state index in [1.165, 1.54) is 18.7 Å². The van der Waals surface area contributed by atoms with E-state index in [0.717, 1.165) is 41.6 Å². The summed E-state index contributed by atoms with van der Waals surface area (Å²) in [6, 6.07) is 0. The predicted molar refractivity (Wildman–Crippen MR) is 74.8 cm³/mol. The molecule has 0 N–H and O–H groups in total. The largest absolute Gasteiger partial charge is 0.297 e. The molecule has 1 unspecified atom stereocenters. The molecule has 1 atom stereocenters. The maximum Gasteiger partial charge on any atom is 0.0860 e. The van der Waals surface area contributed by atoms with Crippen LogP contribution < -0.4 is 0 Å². The first-order chi connectivity index (χ1) is 8.15. The smallest absolute Gasteiger partial charge is 0.0860 e. The second-order valence-electron chi connectivity index (χ2n) is 4.71. The Morgan fingerprint density at radius 3 is 2.88 bits per heavy atom. The molecule has 2 heterocycles. The minimum absolute atomic E-state index is 0.785. The van der Waals surface area contributed by atoms with Crippen molar-refractivity contribution in [3.8, 4) is 0 Å². The highest BCUT2D eigenvalue weighted by molar-refractivity contribution is 9.09. The highest BCUT2D eigenvalue weighted by atomic mass is 79.9. The van der Waals surface area contributed by atoms with Gasteiger partial charge >= 0.3 is 0 Å². The normalized spacial score (nSPS) is 21.3. The van der Waals surface area contributed by atoms with Crippen molar-refractivity contribution in [2.75, 3.05) is 18.4 Å². The molecule has 1 aliphatic heterocycles. The standard InChI is InChI=1S/C12H19BrClN3/c1-3-17-11(12(14)9(2)15-17)8-16-5-4-10(6-13)7-16/h10H,3-8H2,1-2H3. The van der Waals surface area contributed by atoms with Gasteiger partial charge in [0.1, 0.15) is 0 Å². The van der Waals surface area contributed by atoms with Crippen LogP contribution in [0, 0.1) is 12.8 Å². The summed E-state index contributed by atoms with van der Waals surface area (Å²) in [5.74, 6) is 0.785. The fourth-order valence-electron chi connectivity index (χ4n) is 2.41. The lowest BCUT2D eigenvalue weighted by molar-refractivity contribution is 0.309. The zero-order chi connectivity index (χ0) is 12.4. The SMILES string of the molecule is CCn1nc(C)c(Cl)c1CN1CCC(CBr)C1. The van der Waals surface area contributed by atoms with Crippen LogP contribution in [0.25, 0.3) is 0 Å². The summed E-state index contributed by atoms with van der Waals surface area (Å²) in [5, 5.41) is 6.40. The van der Waals surface area contributed by atoms with Crippen LogP contribution in [0.15, 0.2) is 0 Å². The number of halogens is 2. The predicted octanol–water partition coefficient (Wildman–Crippen LogP) is 3.08. The molecule has 1 aromatic rings. The second-order valence-corrected chi connectivity index (χ2v) is 5.73. The van der Waals surface area contributed by atoms with Gasteiger partial charge in [0.05, 0.1) is 16.4 Å². The van der Waals surface area contributed by atoms with E-state index in [0.29, 0.717) is 0 Å². The van der Waals surface area contributed by atoms with Gasteiger partial charge in [0.15, 0.2) is 0 Å². The Morgan fingerprint density at radius 1 is 1.53 bits per heavy atom. The number of likely N-dealkylation sites (tertiary alicyclic amines) is 1. The molecule has 1 aliphatic rings. The van der Waals surface area contributed by atoms with Crippen LogP contribution >= 0.6 is 27.5 Å². The zero-order valence-electron chi connectivity index (χ0n) is 10.4. The molecule has 1 fully saturated rings. The lowest BCUT2D eigenvalue weighted by Gasteiger charge is -2.16. The Morgan fingerprint density at radius 2 is 2.29 bits per heavy atom. The molecular weight excluding hydrogens is 302 g/mol. The molecule has 0 amide bonds. The molecule has 0 bridgehead atoms. The van der Waals surface area contributed by atoms with Gasteiger partial charge in [-0.05, 0) is 32.7 Å². The number of aromatic nitrogens is 2. The zero-order valence-corrected chi connectivity index (χ0v) is 12.8. The Bertz CT molecular complexity index is 391. The third kappa shape index (κ3) is 2.85. The third-order valence-electron chi connectivity index (χ3n) is 3.41. The van der Waals surface area contributed by atoms with Gasteiger partial charge in [0, 0.05) is 25.0 Å². The Labute approximate surface area is 116 Å². The number of alkyl halides is 1. The van der Waals surface area contributed by atoms with Crippen molar-refractivity contribution in [2.45, 2.75) is 33.4 Å². The molecule has 1 aromatic heterocycles. The summed E-state index contributed by atoms with van der Waals surface area (Å²) >= 11 is 9.89. The molecule has 0 saturated carbocycles. The van der Waals surface area contributed by atoms with E-state index in [1.54, 1.807) is 0 Å². The molecule has 0 aromatic carbocycles. The monoisotopic (exact) mass is 319 g/mol. The van der Waals surface area contributed by atoms with Crippen LogP contribution in [0.2, 0.25) is 5.02 Å². The topological polar surface area (TPSA) is 21.1 Å². The van der Waals surface area contributed by atoms with E-state index in [1.807, 2.05) is 11.6 Å². The maximum atomic E-state index is 6.32. The summed E-state index contributed by atoms with van der Waals surface area (Å²) in [5.41, 5.74) is 2.11. The minimum Gasteiger partial charge on any atom is -0.297 e. The molecule has 0 aliphatic carbocycles. The van der Waals surface area contributed by atoms with Crippen LogP contribution in [0.1, 0.15) is 24.7 Å². The first kappa shape index (κ1) is 13.4. The number of hydrogen-bond acceptors (Lipinski definition) is 2. The van der Waals surface area contributed by atoms with Gasteiger partial charge < -0.3 is 0 Å². The average molecular weight is 321 g/mol. The summed E-state index contributed by atoms with van der Waals surface area (Å²) in [6.07, 6.45) is 1.28. The lowest BCUT2D eigenvalue weighted by Crippen LogP contribution is -2.22. The number of aryl methyl sites for hydroxylation is 2. The quantitative estimate of drug-likeness (QED) is 0.795. The first-order valence-corrected chi connectivity index (χ1v) is 7.65. The molecule has 96 valence electrons. The number of rotatable bonds is 4. The van der Waals surface area contributed by atoms with Gasteiger partial charge in [0.25, 0.3) is 0 Å². The van der Waals surface area contributed by atoms with E-state index in [4.69, 9.17) is 11.6 Å². The van der Waals surface area contributed by atoms with Crippen LogP contribution in [-0.4, -0.2) is 33.1 Å². The van der Waals surface area contributed by atoms with Crippen LogP contribution in [-0.2, 0) is 13.1 Å². The van der Waals surface area contributed by atoms with Crippen LogP contribution in [0.4, 0.5) is 0 Å². The fourth-order valence-corrected chi connectivity index (χ4v) is 3.14. The summed E-state index contributed by atoms with van der Waals surface area (Å²) in [4.78, 5) is 2.47. The minimum atomic E-state index is 0.785. The average Bonchev–Trinajstić information content (AvgIpc) is 2.89. The van der Waals surface area contributed by atoms with Gasteiger partial charge in [-0.2, -0.15) is 5.10 Å². The number of nitrogens with zero attached hydrogens (tertiary/aromatic N) is 3. The molecule has 5 heteroatoms. The van der Waals surface area contributed by atoms with Crippen LogP contribution in [0.3, 0.4) is 0 Å². The first-order valence-electron chi connectivity index (χ1n) is 6.15. The van der Waals surface area contributed by atoms with Crippen molar-refractivity contribution in [1.82, 2.24) is 14.7 Å². The highest BCUT2D eigenvalue weighted by Crippen LogP contribution is 2.25. The van der Waals surface area contributed by atoms with Crippen LogP contribution in [0.5, 0.6) is 0 Å². The fraction of sp³-hybridized carbons (Fsp3) is 0.750. The Kier molecular flexibility index (Phi) is 4.50. The summed E-state index contributed by atoms with van der Waals surface area (Å²) in [6.45, 7) is 8.23. The molecule has 2 rings (SSSR count). The Hall–Kier alpha value is -0.0600. The van der Waals surface area contributed by atoms with E-state index in [9.17, 15) is 0 Å². The van der Waals surface area contributed by atoms with Crippen molar-refractivity contribution >= 4 is 27.5 Å². The highest BCUT2D eigenvalue weighted by Gasteiger charge is 2.24. The van der Waals surface area contributed by atoms with E-state index < -0.39 is 0 Å². The maximum absolute atomic E-state index is 6.32. The van der Waals surface area contributed by atoms with Gasteiger partial charge in [-0.3, -0.25) is 9.58 Å². The molecule has 17 heavy (non-hydrogen) atoms. The van der Waals surface area contributed by atoms with E-state index >= 15 is 0 Å². The van der Waals surface area contributed by atoms with Gasteiger partial charge in [0.2, 0.25) is 0 Å². The summed E-state index contributed by atoms with van der Waals surface area (Å²) < 4.78 is 2.03. The van der Waals surface area contributed by atoms with Gasteiger partial charge in [-0.15, -0.1) is 0 Å². The molecule has 1 saturated heterocycles. The lowest BCUT2D eigenvalue weighted by atomic mass is 10.2. The van der Waals surface area contributed by atoms with E-state index in [2.05, 4.69) is 32.9 Å². The van der Waals surface area contributed by atoms with Crippen molar-refractivity contribution in [3.05, 3.63) is 16.4 Å². The molecule has 3 nitrogen and oxygen atoms in total. The van der Waals surface area contributed by atoms with Crippen molar-refractivity contribution in [2.24, 2.45) is 5.92 Å². The molecule has 0 spiro atoms. The van der Waals surface area contributed by atoms with E-state index in [-0.39, 0.29) is 0 Å². The molecular formula is C12H19BrClN3.